The van der Waals surface area contributed by atoms with E-state index < -0.39 is 11.8 Å². The number of hydrogen-bond acceptors (Lipinski definition) is 11. The highest BCUT2D eigenvalue weighted by atomic mass is 16.5. The number of carbonyl (C=O) groups excluding carboxylic acids is 2. The molecule has 0 unspecified atom stereocenters. The van der Waals surface area contributed by atoms with E-state index in [1.165, 1.54) is 12.1 Å². The molecule has 48 heavy (non-hydrogen) atoms. The first-order valence-electron chi connectivity index (χ1n) is 15.5. The average Bonchev–Trinajstić information content (AvgIpc) is 3.06. The Kier molecular flexibility index (Phi) is 11.3. The van der Waals surface area contributed by atoms with E-state index in [1.54, 1.807) is 12.1 Å². The van der Waals surface area contributed by atoms with Gasteiger partial charge in [-0.2, -0.15) is 0 Å². The molecule has 250 valence electrons. The molecule has 3 aromatic heterocycles. The Hall–Kier alpha value is -5.37. The molecule has 2 aromatic carbocycles. The summed E-state index contributed by atoms with van der Waals surface area (Å²) in [5.41, 5.74) is 6.84. The van der Waals surface area contributed by atoms with E-state index in [9.17, 15) is 9.59 Å². The predicted octanol–water partition coefficient (Wildman–Crippen LogP) is 3.90. The zero-order valence-electron chi connectivity index (χ0n) is 27.5. The molecule has 0 spiro atoms. The zero-order valence-corrected chi connectivity index (χ0v) is 27.5. The van der Waals surface area contributed by atoms with Crippen LogP contribution in [0.2, 0.25) is 0 Å². The van der Waals surface area contributed by atoms with Gasteiger partial charge in [-0.15, -0.1) is 0 Å². The largest absolute Gasteiger partial charge is 0.492 e. The van der Waals surface area contributed by atoms with Crippen LogP contribution in [0.1, 0.15) is 21.0 Å². The number of likely N-dealkylation sites (N-methyl/N-ethyl adjacent to an activating group) is 2. The first kappa shape index (κ1) is 34.0. The number of amides is 2. The molecule has 0 radical (unpaired) electrons. The molecule has 0 saturated heterocycles. The van der Waals surface area contributed by atoms with Crippen LogP contribution in [-0.4, -0.2) is 104 Å². The number of pyridine rings is 3. The normalized spacial score (nSPS) is 11.2. The predicted molar refractivity (Wildman–Crippen MR) is 186 cm³/mol. The van der Waals surface area contributed by atoms with E-state index in [1.807, 2.05) is 86.5 Å². The Labute approximate surface area is 279 Å². The maximum absolute atomic E-state index is 13.6. The molecule has 2 amide bonds. The van der Waals surface area contributed by atoms with Crippen molar-refractivity contribution in [1.29, 1.82) is 0 Å². The fourth-order valence-electron chi connectivity index (χ4n) is 4.69. The number of fused-ring (bicyclic) bond motifs is 2. The summed E-state index contributed by atoms with van der Waals surface area (Å²) in [7, 11) is 7.85. The maximum atomic E-state index is 13.6. The third kappa shape index (κ3) is 8.91. The number of benzene rings is 2. The van der Waals surface area contributed by atoms with E-state index in [4.69, 9.17) is 19.9 Å². The Morgan fingerprint density at radius 2 is 1.10 bits per heavy atom. The highest BCUT2D eigenvalue weighted by Crippen LogP contribution is 2.29. The highest BCUT2D eigenvalue weighted by molar-refractivity contribution is 6.07. The minimum Gasteiger partial charge on any atom is -0.492 e. The quantitative estimate of drug-likeness (QED) is 0.151. The second kappa shape index (κ2) is 16.0. The summed E-state index contributed by atoms with van der Waals surface area (Å²) in [5.74, 6) is 0.763. The second-order valence-electron chi connectivity index (χ2n) is 11.5. The van der Waals surface area contributed by atoms with Crippen molar-refractivity contribution < 1.29 is 23.8 Å². The Bertz CT molecular complexity index is 1770. The van der Waals surface area contributed by atoms with Crippen molar-refractivity contribution in [1.82, 2.24) is 24.8 Å². The van der Waals surface area contributed by atoms with Gasteiger partial charge in [-0.3, -0.25) is 9.59 Å². The minimum atomic E-state index is -0.593. The van der Waals surface area contributed by atoms with Crippen molar-refractivity contribution in [3.05, 3.63) is 84.2 Å². The van der Waals surface area contributed by atoms with Crippen molar-refractivity contribution in [2.45, 2.75) is 0 Å². The van der Waals surface area contributed by atoms with Crippen LogP contribution in [0.25, 0.3) is 21.8 Å². The van der Waals surface area contributed by atoms with Crippen LogP contribution in [0, 0.1) is 0 Å². The smallest absolute Gasteiger partial charge is 0.275 e. The van der Waals surface area contributed by atoms with Crippen LogP contribution in [0.4, 0.5) is 11.6 Å². The number of nitrogens with one attached hydrogen (secondary N) is 2. The van der Waals surface area contributed by atoms with Gasteiger partial charge in [0.2, 0.25) is 0 Å². The summed E-state index contributed by atoms with van der Waals surface area (Å²) < 4.78 is 17.8. The number of rotatable bonds is 15. The van der Waals surface area contributed by atoms with Crippen LogP contribution in [0.3, 0.4) is 0 Å². The van der Waals surface area contributed by atoms with Crippen molar-refractivity contribution in [2.75, 3.05) is 78.3 Å². The molecule has 3 heterocycles. The van der Waals surface area contributed by atoms with E-state index in [0.717, 1.165) is 10.8 Å². The van der Waals surface area contributed by atoms with Gasteiger partial charge < -0.3 is 40.4 Å². The van der Waals surface area contributed by atoms with Crippen LogP contribution >= 0.6 is 0 Å². The van der Waals surface area contributed by atoms with Crippen molar-refractivity contribution in [3.8, 4) is 17.2 Å². The van der Waals surface area contributed by atoms with Crippen LogP contribution in [0.5, 0.6) is 17.2 Å². The van der Waals surface area contributed by atoms with Crippen LogP contribution in [0.15, 0.2) is 72.8 Å². The lowest BCUT2D eigenvalue weighted by molar-refractivity contribution is 0.101. The first-order valence-corrected chi connectivity index (χ1v) is 15.5. The molecular formula is C35H40N8O5. The summed E-state index contributed by atoms with van der Waals surface area (Å²) in [5, 5.41) is 7.23. The van der Waals surface area contributed by atoms with Gasteiger partial charge in [0.1, 0.15) is 60.1 Å². The summed E-state index contributed by atoms with van der Waals surface area (Å²) in [6, 6.07) is 21.2. The van der Waals surface area contributed by atoms with Gasteiger partial charge in [-0.25, -0.2) is 15.0 Å². The fraction of sp³-hybridized carbons (Fsp3) is 0.286. The second-order valence-corrected chi connectivity index (χ2v) is 11.5. The SMILES string of the molecule is CN(C)CCOc1cc(NC(=O)c2cc(OCCN)cc(C(=O)Nc3cc(OCCN(C)C)c4ccccc4n3)n2)nc2ccccc12. The van der Waals surface area contributed by atoms with E-state index in [2.05, 4.69) is 25.6 Å². The molecule has 13 heteroatoms. The molecule has 0 aliphatic carbocycles. The van der Waals surface area contributed by atoms with Gasteiger partial charge in [0.05, 0.1) is 11.0 Å². The molecule has 0 saturated carbocycles. The highest BCUT2D eigenvalue weighted by Gasteiger charge is 2.19. The molecule has 5 rings (SSSR count). The standard InChI is InChI=1S/C35H40N8O5/c1-42(2)14-17-47-30-21-32(38-26-11-7-5-9-24(26)30)40-34(44)28-19-23(46-16-13-36)20-29(37-28)35(45)41-33-22-31(48-18-15-43(3)4)25-10-6-8-12-27(25)39-33/h5-12,19-22H,13-18,36H2,1-4H3,(H,38,40,44)(H,39,41,45). The number of para-hydroxylation sites is 2. The van der Waals surface area contributed by atoms with Crippen LogP contribution in [-0.2, 0) is 0 Å². The summed E-state index contributed by atoms with van der Waals surface area (Å²) >= 11 is 0. The number of nitrogens with two attached hydrogens (primary N) is 1. The summed E-state index contributed by atoms with van der Waals surface area (Å²) in [6.45, 7) is 2.73. The molecule has 4 N–H and O–H groups in total. The number of aromatic nitrogens is 3. The Balaban J connectivity index is 1.41. The molecule has 13 nitrogen and oxygen atoms in total. The first-order chi connectivity index (χ1) is 23.2. The topological polar surface area (TPSA) is 157 Å². The Morgan fingerprint density at radius 1 is 0.646 bits per heavy atom. The van der Waals surface area contributed by atoms with Gasteiger partial charge in [0.25, 0.3) is 11.8 Å². The maximum Gasteiger partial charge on any atom is 0.275 e. The lowest BCUT2D eigenvalue weighted by atomic mass is 10.2. The fourth-order valence-corrected chi connectivity index (χ4v) is 4.69. The van der Waals surface area contributed by atoms with Crippen molar-refractivity contribution in [2.24, 2.45) is 5.73 Å². The van der Waals surface area contributed by atoms with Crippen molar-refractivity contribution >= 4 is 45.3 Å². The van der Waals surface area contributed by atoms with Gasteiger partial charge in [0, 0.05) is 54.7 Å². The number of anilines is 2. The number of hydrogen-bond donors (Lipinski definition) is 3. The van der Waals surface area contributed by atoms with Crippen molar-refractivity contribution in [3.63, 3.8) is 0 Å². The molecule has 0 fully saturated rings. The van der Waals surface area contributed by atoms with Gasteiger partial charge in [0.15, 0.2) is 0 Å². The van der Waals surface area contributed by atoms with Gasteiger partial charge >= 0.3 is 0 Å². The number of carbonyl (C=O) groups is 2. The third-order valence-corrected chi connectivity index (χ3v) is 7.08. The molecule has 0 atom stereocenters. The zero-order chi connectivity index (χ0) is 34.0. The summed E-state index contributed by atoms with van der Waals surface area (Å²) in [4.78, 5) is 44.7. The van der Waals surface area contributed by atoms with E-state index in [0.29, 0.717) is 48.8 Å². The summed E-state index contributed by atoms with van der Waals surface area (Å²) in [6.07, 6.45) is 0. The van der Waals surface area contributed by atoms with Crippen LogP contribution < -0.4 is 30.6 Å². The van der Waals surface area contributed by atoms with Gasteiger partial charge in [-0.05, 0) is 52.5 Å². The Morgan fingerprint density at radius 3 is 1.54 bits per heavy atom. The number of ether oxygens (including phenoxy) is 3. The lowest BCUT2D eigenvalue weighted by Gasteiger charge is -2.15. The lowest BCUT2D eigenvalue weighted by Crippen LogP contribution is -2.21. The number of nitrogens with zero attached hydrogens (tertiary/aromatic N) is 5. The molecule has 0 aliphatic heterocycles. The molecular weight excluding hydrogens is 612 g/mol. The minimum absolute atomic E-state index is 0.0566. The molecule has 0 bridgehead atoms. The average molecular weight is 653 g/mol. The molecule has 0 aliphatic rings. The molecule has 5 aromatic rings. The monoisotopic (exact) mass is 652 g/mol. The third-order valence-electron chi connectivity index (χ3n) is 7.08. The van der Waals surface area contributed by atoms with Gasteiger partial charge in [-0.1, -0.05) is 24.3 Å². The van der Waals surface area contributed by atoms with E-state index in [-0.39, 0.29) is 41.9 Å². The van der Waals surface area contributed by atoms with E-state index >= 15 is 0 Å².